The number of carbonyl (C=O) groups is 1. The Labute approximate surface area is 120 Å². The predicted octanol–water partition coefficient (Wildman–Crippen LogP) is 2.16. The monoisotopic (exact) mass is 287 g/mol. The average Bonchev–Trinajstić information content (AvgIpc) is 2.44. The van der Waals surface area contributed by atoms with Crippen molar-refractivity contribution in [2.75, 3.05) is 5.32 Å². The second-order valence-electron chi connectivity index (χ2n) is 4.27. The van der Waals surface area contributed by atoms with Gasteiger partial charge in [-0.05, 0) is 35.9 Å². The molecule has 0 unspecified atom stereocenters. The normalized spacial score (nSPS) is 10.7. The van der Waals surface area contributed by atoms with Crippen molar-refractivity contribution >= 4 is 17.7 Å². The van der Waals surface area contributed by atoms with E-state index in [1.807, 2.05) is 0 Å². The van der Waals surface area contributed by atoms with Crippen LogP contribution in [0.25, 0.3) is 6.08 Å². The lowest BCUT2D eigenvalue weighted by Crippen LogP contribution is -2.07. The molecule has 2 rings (SSSR count). The molecule has 2 aromatic rings. The van der Waals surface area contributed by atoms with E-state index in [4.69, 9.17) is 10.2 Å². The first kappa shape index (κ1) is 14.3. The molecule has 0 fully saturated rings. The molecule has 0 aromatic heterocycles. The lowest BCUT2D eigenvalue weighted by molar-refractivity contribution is -0.111. The van der Waals surface area contributed by atoms with E-state index in [0.29, 0.717) is 11.3 Å². The highest BCUT2D eigenvalue weighted by Gasteiger charge is 2.03. The SMILES string of the molecule is O=C(/C=C/c1ccc(O)c(O)c1)Nc1ccc(O)c(O)c1. The van der Waals surface area contributed by atoms with Crippen molar-refractivity contribution in [2.45, 2.75) is 0 Å². The van der Waals surface area contributed by atoms with E-state index in [9.17, 15) is 15.0 Å². The Bertz CT molecular complexity index is 709. The Kier molecular flexibility index (Phi) is 3.99. The number of carbonyl (C=O) groups excluding carboxylic acids is 1. The number of nitrogens with one attached hydrogen (secondary N) is 1. The summed E-state index contributed by atoms with van der Waals surface area (Å²) >= 11 is 0. The highest BCUT2D eigenvalue weighted by Crippen LogP contribution is 2.27. The van der Waals surface area contributed by atoms with Gasteiger partial charge in [0, 0.05) is 17.8 Å². The van der Waals surface area contributed by atoms with Crippen LogP contribution in [0.3, 0.4) is 0 Å². The summed E-state index contributed by atoms with van der Waals surface area (Å²) in [6.45, 7) is 0. The smallest absolute Gasteiger partial charge is 0.248 e. The van der Waals surface area contributed by atoms with E-state index in [0.717, 1.165) is 0 Å². The molecule has 0 aliphatic rings. The zero-order chi connectivity index (χ0) is 15.4. The minimum Gasteiger partial charge on any atom is -0.504 e. The maximum absolute atomic E-state index is 11.7. The van der Waals surface area contributed by atoms with Crippen molar-refractivity contribution in [3.05, 3.63) is 48.0 Å². The third-order valence-electron chi connectivity index (χ3n) is 2.67. The van der Waals surface area contributed by atoms with Crippen LogP contribution in [0.1, 0.15) is 5.56 Å². The summed E-state index contributed by atoms with van der Waals surface area (Å²) in [6.07, 6.45) is 2.69. The van der Waals surface area contributed by atoms with E-state index >= 15 is 0 Å². The van der Waals surface area contributed by atoms with E-state index in [2.05, 4.69) is 5.32 Å². The molecule has 0 atom stereocenters. The van der Waals surface area contributed by atoms with Gasteiger partial charge in [0.2, 0.25) is 5.91 Å². The van der Waals surface area contributed by atoms with E-state index in [1.165, 1.54) is 48.6 Å². The molecule has 0 spiro atoms. The fraction of sp³-hybridized carbons (Fsp3) is 0. The van der Waals surface area contributed by atoms with Crippen LogP contribution in [0.4, 0.5) is 5.69 Å². The van der Waals surface area contributed by atoms with E-state index < -0.39 is 5.91 Å². The Hall–Kier alpha value is -3.15. The van der Waals surface area contributed by atoms with Gasteiger partial charge >= 0.3 is 0 Å². The number of amides is 1. The molecule has 6 heteroatoms. The second-order valence-corrected chi connectivity index (χ2v) is 4.27. The van der Waals surface area contributed by atoms with Crippen molar-refractivity contribution in [1.29, 1.82) is 0 Å². The summed E-state index contributed by atoms with van der Waals surface area (Å²) < 4.78 is 0. The Balaban J connectivity index is 2.05. The fourth-order valence-electron chi connectivity index (χ4n) is 1.60. The summed E-state index contributed by atoms with van der Waals surface area (Å²) in [5.41, 5.74) is 0.863. The van der Waals surface area contributed by atoms with Crippen LogP contribution in [-0.2, 0) is 4.79 Å². The highest BCUT2D eigenvalue weighted by atomic mass is 16.3. The maximum atomic E-state index is 11.7. The summed E-state index contributed by atoms with van der Waals surface area (Å²) in [5, 5.41) is 39.4. The van der Waals surface area contributed by atoms with Gasteiger partial charge in [0.15, 0.2) is 23.0 Å². The number of hydrogen-bond acceptors (Lipinski definition) is 5. The van der Waals surface area contributed by atoms with Gasteiger partial charge in [0.25, 0.3) is 0 Å². The highest BCUT2D eigenvalue weighted by molar-refractivity contribution is 6.02. The number of phenols is 4. The zero-order valence-corrected chi connectivity index (χ0v) is 10.8. The molecule has 0 bridgehead atoms. The van der Waals surface area contributed by atoms with Crippen LogP contribution in [0.5, 0.6) is 23.0 Å². The molecule has 108 valence electrons. The molecule has 21 heavy (non-hydrogen) atoms. The summed E-state index contributed by atoms with van der Waals surface area (Å²) in [7, 11) is 0. The number of benzene rings is 2. The third kappa shape index (κ3) is 3.66. The molecule has 2 aromatic carbocycles. The minimum atomic E-state index is -0.451. The van der Waals surface area contributed by atoms with Crippen LogP contribution in [0, 0.1) is 0 Å². The topological polar surface area (TPSA) is 110 Å². The maximum Gasteiger partial charge on any atom is 0.248 e. The summed E-state index contributed by atoms with van der Waals surface area (Å²) in [5.74, 6) is -1.58. The van der Waals surface area contributed by atoms with Crippen LogP contribution < -0.4 is 5.32 Å². The molecule has 1 amide bonds. The first-order valence-corrected chi connectivity index (χ1v) is 5.99. The zero-order valence-electron chi connectivity index (χ0n) is 10.8. The van der Waals surface area contributed by atoms with Gasteiger partial charge in [-0.2, -0.15) is 0 Å². The minimum absolute atomic E-state index is 0.240. The van der Waals surface area contributed by atoms with Crippen LogP contribution >= 0.6 is 0 Å². The standard InChI is InChI=1S/C15H13NO5/c17-11-4-1-9(7-13(11)19)2-6-15(21)16-10-3-5-12(18)14(20)8-10/h1-8,17-20H,(H,16,21)/b6-2+. The van der Waals surface area contributed by atoms with Gasteiger partial charge in [-0.25, -0.2) is 0 Å². The number of anilines is 1. The molecule has 0 aliphatic carbocycles. The molecule has 5 N–H and O–H groups in total. The molecule has 0 heterocycles. The van der Waals surface area contributed by atoms with Gasteiger partial charge in [0.1, 0.15) is 0 Å². The van der Waals surface area contributed by atoms with Crippen molar-refractivity contribution < 1.29 is 25.2 Å². The molecular weight excluding hydrogens is 274 g/mol. The van der Waals surface area contributed by atoms with Crippen LogP contribution in [0.2, 0.25) is 0 Å². The lowest BCUT2D eigenvalue weighted by atomic mass is 10.2. The average molecular weight is 287 g/mol. The largest absolute Gasteiger partial charge is 0.504 e. The van der Waals surface area contributed by atoms with Gasteiger partial charge in [-0.15, -0.1) is 0 Å². The fourth-order valence-corrected chi connectivity index (χ4v) is 1.60. The second kappa shape index (κ2) is 5.87. The summed E-state index contributed by atoms with van der Waals surface area (Å²) in [6, 6.07) is 8.06. The van der Waals surface area contributed by atoms with Crippen LogP contribution in [-0.4, -0.2) is 26.3 Å². The number of hydrogen-bond donors (Lipinski definition) is 5. The van der Waals surface area contributed by atoms with Crippen molar-refractivity contribution in [3.8, 4) is 23.0 Å². The van der Waals surface area contributed by atoms with Crippen molar-refractivity contribution in [3.63, 3.8) is 0 Å². The number of phenolic OH excluding ortho intramolecular Hbond substituents is 4. The predicted molar refractivity (Wildman–Crippen MR) is 77.2 cm³/mol. The molecule has 6 nitrogen and oxygen atoms in total. The quantitative estimate of drug-likeness (QED) is 0.337. The molecular formula is C15H13NO5. The molecule has 0 saturated carbocycles. The van der Waals surface area contributed by atoms with Gasteiger partial charge in [-0.1, -0.05) is 6.07 Å². The lowest BCUT2D eigenvalue weighted by Gasteiger charge is -2.04. The molecule has 0 radical (unpaired) electrons. The Morgan fingerprint density at radius 2 is 1.48 bits per heavy atom. The van der Waals surface area contributed by atoms with Gasteiger partial charge in [-0.3, -0.25) is 4.79 Å². The first-order valence-electron chi connectivity index (χ1n) is 5.99. The molecule has 0 aliphatic heterocycles. The number of aromatic hydroxyl groups is 4. The first-order chi connectivity index (χ1) is 9.95. The molecule has 0 saturated heterocycles. The van der Waals surface area contributed by atoms with Gasteiger partial charge in [0.05, 0.1) is 0 Å². The van der Waals surface area contributed by atoms with E-state index in [1.54, 1.807) is 0 Å². The van der Waals surface area contributed by atoms with Crippen LogP contribution in [0.15, 0.2) is 42.5 Å². The number of rotatable bonds is 3. The summed E-state index contributed by atoms with van der Waals surface area (Å²) in [4.78, 5) is 11.7. The Morgan fingerprint density at radius 3 is 2.10 bits per heavy atom. The van der Waals surface area contributed by atoms with Crippen molar-refractivity contribution in [1.82, 2.24) is 0 Å². The Morgan fingerprint density at radius 1 is 0.857 bits per heavy atom. The van der Waals surface area contributed by atoms with Crippen molar-refractivity contribution in [2.24, 2.45) is 0 Å². The van der Waals surface area contributed by atoms with E-state index in [-0.39, 0.29) is 23.0 Å². The third-order valence-corrected chi connectivity index (χ3v) is 2.67. The van der Waals surface area contributed by atoms with Gasteiger partial charge < -0.3 is 25.7 Å².